The summed E-state index contributed by atoms with van der Waals surface area (Å²) in [7, 11) is 0. The summed E-state index contributed by atoms with van der Waals surface area (Å²) >= 11 is 0. The maximum absolute atomic E-state index is 11.7. The van der Waals surface area contributed by atoms with Gasteiger partial charge in [-0.05, 0) is 19.3 Å². The molecule has 0 aromatic heterocycles. The van der Waals surface area contributed by atoms with Gasteiger partial charge in [0.2, 0.25) is 11.8 Å². The second-order valence-corrected chi connectivity index (χ2v) is 4.92. The van der Waals surface area contributed by atoms with Crippen molar-refractivity contribution in [2.75, 3.05) is 0 Å². The lowest BCUT2D eigenvalue weighted by Gasteiger charge is -2.23. The molecule has 0 radical (unpaired) electrons. The largest absolute Gasteiger partial charge is 0.280 e. The molecule has 2 unspecified atom stereocenters. The lowest BCUT2D eigenvalue weighted by molar-refractivity contribution is -0.145. The van der Waals surface area contributed by atoms with Crippen molar-refractivity contribution in [1.29, 1.82) is 0 Å². The SMILES string of the molecule is CC(C)N1C(=O)C2C(C1=O)C2(C)C. The van der Waals surface area contributed by atoms with E-state index in [2.05, 4.69) is 0 Å². The number of hydrogen-bond acceptors (Lipinski definition) is 2. The van der Waals surface area contributed by atoms with Crippen LogP contribution in [0.25, 0.3) is 0 Å². The Labute approximate surface area is 78.1 Å². The van der Waals surface area contributed by atoms with Crippen molar-refractivity contribution in [1.82, 2.24) is 4.90 Å². The minimum atomic E-state index is -0.0699. The van der Waals surface area contributed by atoms with Crippen molar-refractivity contribution < 1.29 is 9.59 Å². The van der Waals surface area contributed by atoms with Crippen molar-refractivity contribution >= 4 is 11.8 Å². The minimum absolute atomic E-state index is 0.0172. The van der Waals surface area contributed by atoms with Crippen molar-refractivity contribution in [2.45, 2.75) is 33.7 Å². The van der Waals surface area contributed by atoms with Crippen molar-refractivity contribution in [2.24, 2.45) is 17.3 Å². The molecule has 72 valence electrons. The Bertz CT molecular complexity index is 269. The van der Waals surface area contributed by atoms with Gasteiger partial charge < -0.3 is 0 Å². The third-order valence-corrected chi connectivity index (χ3v) is 3.35. The van der Waals surface area contributed by atoms with Crippen LogP contribution < -0.4 is 0 Å². The third-order valence-electron chi connectivity index (χ3n) is 3.35. The second kappa shape index (κ2) is 2.14. The standard InChI is InChI=1S/C10H15NO2/c1-5(2)11-8(12)6-7(9(11)13)10(6,3)4/h5-7H,1-4H3. The summed E-state index contributed by atoms with van der Waals surface area (Å²) in [6, 6.07) is 0.0172. The normalized spacial score (nSPS) is 35.6. The second-order valence-electron chi connectivity index (χ2n) is 4.92. The highest BCUT2D eigenvalue weighted by atomic mass is 16.2. The molecule has 0 bridgehead atoms. The zero-order valence-corrected chi connectivity index (χ0v) is 8.50. The average Bonchev–Trinajstić information content (AvgIpc) is 2.38. The first kappa shape index (κ1) is 8.73. The molecular weight excluding hydrogens is 166 g/mol. The molecule has 3 heteroatoms. The molecule has 1 aliphatic heterocycles. The highest BCUT2D eigenvalue weighted by Crippen LogP contribution is 2.63. The van der Waals surface area contributed by atoms with Gasteiger partial charge in [-0.2, -0.15) is 0 Å². The number of likely N-dealkylation sites (tertiary alicyclic amines) is 1. The lowest BCUT2D eigenvalue weighted by Crippen LogP contribution is -2.41. The number of carbonyl (C=O) groups is 2. The summed E-state index contributed by atoms with van der Waals surface area (Å²) < 4.78 is 0. The molecule has 0 aromatic carbocycles. The van der Waals surface area contributed by atoms with Gasteiger partial charge >= 0.3 is 0 Å². The first-order chi connectivity index (χ1) is 5.89. The van der Waals surface area contributed by atoms with E-state index in [0.29, 0.717) is 0 Å². The molecule has 2 rings (SSSR count). The van der Waals surface area contributed by atoms with Gasteiger partial charge in [0.15, 0.2) is 0 Å². The summed E-state index contributed by atoms with van der Waals surface area (Å²) in [5.41, 5.74) is -0.0699. The van der Waals surface area contributed by atoms with Crippen LogP contribution in [0, 0.1) is 17.3 Å². The van der Waals surface area contributed by atoms with E-state index in [1.807, 2.05) is 27.7 Å². The van der Waals surface area contributed by atoms with E-state index >= 15 is 0 Å². The maximum atomic E-state index is 11.7. The van der Waals surface area contributed by atoms with Crippen LogP contribution in [0.2, 0.25) is 0 Å². The summed E-state index contributed by atoms with van der Waals surface area (Å²) in [6.45, 7) is 7.76. The van der Waals surface area contributed by atoms with Crippen molar-refractivity contribution in [3.63, 3.8) is 0 Å². The molecule has 1 heterocycles. The summed E-state index contributed by atoms with van der Waals surface area (Å²) in [6.07, 6.45) is 0. The molecule has 13 heavy (non-hydrogen) atoms. The van der Waals surface area contributed by atoms with Crippen LogP contribution in [0.3, 0.4) is 0 Å². The molecule has 2 atom stereocenters. The molecule has 0 N–H and O–H groups in total. The van der Waals surface area contributed by atoms with E-state index in [0.717, 1.165) is 0 Å². The van der Waals surface area contributed by atoms with Crippen LogP contribution in [-0.2, 0) is 9.59 Å². The Morgan fingerprint density at radius 3 is 1.85 bits per heavy atom. The van der Waals surface area contributed by atoms with E-state index in [9.17, 15) is 9.59 Å². The third kappa shape index (κ3) is 0.847. The summed E-state index contributed by atoms with van der Waals surface area (Å²) in [5, 5.41) is 0. The number of fused-ring (bicyclic) bond motifs is 1. The summed E-state index contributed by atoms with van der Waals surface area (Å²) in [4.78, 5) is 24.9. The van der Waals surface area contributed by atoms with Crippen LogP contribution >= 0.6 is 0 Å². The van der Waals surface area contributed by atoms with Gasteiger partial charge in [-0.3, -0.25) is 14.5 Å². The van der Waals surface area contributed by atoms with Gasteiger partial charge in [0.25, 0.3) is 0 Å². The number of carbonyl (C=O) groups excluding carboxylic acids is 2. The molecular formula is C10H15NO2. The van der Waals surface area contributed by atoms with E-state index < -0.39 is 0 Å². The number of nitrogens with zero attached hydrogens (tertiary/aromatic N) is 1. The first-order valence-corrected chi connectivity index (χ1v) is 4.76. The van der Waals surface area contributed by atoms with E-state index in [1.54, 1.807) is 0 Å². The zero-order valence-electron chi connectivity index (χ0n) is 8.50. The number of piperidine rings is 1. The predicted octanol–water partition coefficient (Wildman–Crippen LogP) is 1.04. The monoisotopic (exact) mass is 181 g/mol. The predicted molar refractivity (Wildman–Crippen MR) is 47.8 cm³/mol. The Morgan fingerprint density at radius 1 is 1.15 bits per heavy atom. The molecule has 0 spiro atoms. The van der Waals surface area contributed by atoms with Gasteiger partial charge in [-0.15, -0.1) is 0 Å². The van der Waals surface area contributed by atoms with Crippen molar-refractivity contribution in [3.05, 3.63) is 0 Å². The van der Waals surface area contributed by atoms with Crippen LogP contribution in [-0.4, -0.2) is 22.8 Å². The molecule has 1 saturated carbocycles. The van der Waals surface area contributed by atoms with Crippen LogP contribution in [0.15, 0.2) is 0 Å². The smallest absolute Gasteiger partial charge is 0.233 e. The fraction of sp³-hybridized carbons (Fsp3) is 0.800. The molecule has 2 aliphatic rings. The highest BCUT2D eigenvalue weighted by Gasteiger charge is 2.72. The Kier molecular flexibility index (Phi) is 1.44. The Balaban J connectivity index is 2.27. The Hall–Kier alpha value is -0.860. The van der Waals surface area contributed by atoms with Crippen molar-refractivity contribution in [3.8, 4) is 0 Å². The highest BCUT2D eigenvalue weighted by molar-refractivity contribution is 6.10. The maximum Gasteiger partial charge on any atom is 0.233 e. The van der Waals surface area contributed by atoms with E-state index in [-0.39, 0.29) is 35.1 Å². The molecule has 3 nitrogen and oxygen atoms in total. The van der Waals surface area contributed by atoms with Crippen LogP contribution in [0.5, 0.6) is 0 Å². The number of amides is 2. The van der Waals surface area contributed by atoms with Crippen LogP contribution in [0.4, 0.5) is 0 Å². The fourth-order valence-electron chi connectivity index (χ4n) is 2.48. The van der Waals surface area contributed by atoms with Gasteiger partial charge in [0, 0.05) is 6.04 Å². The number of hydrogen-bond donors (Lipinski definition) is 0. The molecule has 1 saturated heterocycles. The van der Waals surface area contributed by atoms with Gasteiger partial charge in [-0.1, -0.05) is 13.8 Å². The quantitative estimate of drug-likeness (QED) is 0.567. The molecule has 0 aromatic rings. The number of rotatable bonds is 1. The fourth-order valence-corrected chi connectivity index (χ4v) is 2.48. The average molecular weight is 181 g/mol. The van der Waals surface area contributed by atoms with E-state index in [4.69, 9.17) is 0 Å². The van der Waals surface area contributed by atoms with Crippen LogP contribution in [0.1, 0.15) is 27.7 Å². The minimum Gasteiger partial charge on any atom is -0.280 e. The Morgan fingerprint density at radius 2 is 1.54 bits per heavy atom. The first-order valence-electron chi connectivity index (χ1n) is 4.76. The van der Waals surface area contributed by atoms with Gasteiger partial charge in [0.05, 0.1) is 11.8 Å². The summed E-state index contributed by atoms with van der Waals surface area (Å²) in [5.74, 6) is 0.0230. The van der Waals surface area contributed by atoms with Gasteiger partial charge in [0.1, 0.15) is 0 Å². The number of imide groups is 1. The van der Waals surface area contributed by atoms with E-state index in [1.165, 1.54) is 4.90 Å². The molecule has 1 aliphatic carbocycles. The van der Waals surface area contributed by atoms with Gasteiger partial charge in [-0.25, -0.2) is 0 Å². The molecule has 2 amide bonds. The molecule has 2 fully saturated rings. The zero-order chi connectivity index (χ0) is 9.96. The topological polar surface area (TPSA) is 37.4 Å². The lowest BCUT2D eigenvalue weighted by atomic mass is 10.0.